The van der Waals surface area contributed by atoms with E-state index in [-0.39, 0.29) is 34.8 Å². The lowest BCUT2D eigenvalue weighted by Gasteiger charge is -2.45. The van der Waals surface area contributed by atoms with Crippen molar-refractivity contribution in [3.8, 4) is 0 Å². The molecule has 3 heterocycles. The third-order valence-electron chi connectivity index (χ3n) is 9.67. The van der Waals surface area contributed by atoms with Crippen LogP contribution in [-0.2, 0) is 28.4 Å². The Hall–Kier alpha value is -3.77. The number of sulfonamides is 1. The third kappa shape index (κ3) is 4.81. The van der Waals surface area contributed by atoms with Gasteiger partial charge in [0.25, 0.3) is 18.3 Å². The van der Waals surface area contributed by atoms with Gasteiger partial charge in [0.2, 0.25) is 11.8 Å². The first-order valence-electron chi connectivity index (χ1n) is 15.7. The first kappa shape index (κ1) is 31.8. The van der Waals surface area contributed by atoms with E-state index in [9.17, 15) is 18.0 Å². The molecule has 3 aliphatic rings. The number of amides is 2. The van der Waals surface area contributed by atoms with Crippen molar-refractivity contribution in [3.63, 3.8) is 0 Å². The summed E-state index contributed by atoms with van der Waals surface area (Å²) in [6, 6.07) is 33.8. The van der Waals surface area contributed by atoms with Crippen molar-refractivity contribution in [3.05, 3.63) is 121 Å². The molecule has 8 nitrogen and oxygen atoms in total. The Labute approximate surface area is 285 Å². The molecule has 4 aromatic rings. The van der Waals surface area contributed by atoms with Gasteiger partial charge in [0, 0.05) is 6.42 Å². The van der Waals surface area contributed by atoms with Crippen LogP contribution in [0.25, 0.3) is 0 Å². The summed E-state index contributed by atoms with van der Waals surface area (Å²) in [7, 11) is -7.16. The fourth-order valence-corrected chi connectivity index (χ4v) is 15.1. The molecule has 11 heteroatoms. The number of fused-ring (bicyclic) bond motifs is 5. The van der Waals surface area contributed by atoms with Crippen molar-refractivity contribution in [2.45, 2.75) is 59.7 Å². The minimum absolute atomic E-state index is 0.0680. The standard InChI is InChI=1S/C36H36BrN3O5SSi/c1-35(2,3)47(26-17-9-5-10-18-26,27-19-11-6-12-20-27)45-24-29-33(42)39-31(32(41)38-29)23-36(37)28-21-13-14-22-30(28)40(34(36)39)46(43,44)25-15-7-4-8-16-25/h4-22,29,31,34H,23-24H2,1-3H3,(H,38,41)/t29-,31-,34-,36-/m0/s1. The molecule has 2 amide bonds. The zero-order valence-corrected chi connectivity index (χ0v) is 29.7. The first-order valence-corrected chi connectivity index (χ1v) is 19.8. The maximum absolute atomic E-state index is 14.6. The lowest BCUT2D eigenvalue weighted by atomic mass is 9.95. The zero-order valence-electron chi connectivity index (χ0n) is 26.3. The molecule has 0 aromatic heterocycles. The van der Waals surface area contributed by atoms with Gasteiger partial charge in [-0.25, -0.2) is 12.7 Å². The van der Waals surface area contributed by atoms with Crippen LogP contribution in [0.15, 0.2) is 120 Å². The topological polar surface area (TPSA) is 96.0 Å². The first-order chi connectivity index (χ1) is 22.4. The van der Waals surface area contributed by atoms with Crippen LogP contribution in [0.5, 0.6) is 0 Å². The molecule has 0 spiro atoms. The van der Waals surface area contributed by atoms with Gasteiger partial charge in [-0.3, -0.25) is 9.59 Å². The number of hydrogen-bond acceptors (Lipinski definition) is 5. The van der Waals surface area contributed by atoms with Crippen molar-refractivity contribution in [1.82, 2.24) is 10.2 Å². The summed E-state index contributed by atoms with van der Waals surface area (Å²) in [6.45, 7) is 6.39. The van der Waals surface area contributed by atoms with Gasteiger partial charge in [-0.1, -0.05) is 134 Å². The molecule has 3 aliphatic heterocycles. The van der Waals surface area contributed by atoms with Gasteiger partial charge in [-0.15, -0.1) is 0 Å². The van der Waals surface area contributed by atoms with Gasteiger partial charge in [-0.05, 0) is 39.2 Å². The van der Waals surface area contributed by atoms with Gasteiger partial charge in [0.15, 0.2) is 0 Å². The van der Waals surface area contributed by atoms with E-state index in [4.69, 9.17) is 4.43 Å². The number of halogens is 1. The highest BCUT2D eigenvalue weighted by molar-refractivity contribution is 9.09. The van der Waals surface area contributed by atoms with Crippen LogP contribution < -0.4 is 20.0 Å². The van der Waals surface area contributed by atoms with Crippen LogP contribution in [0.1, 0.15) is 32.8 Å². The minimum atomic E-state index is -4.13. The highest BCUT2D eigenvalue weighted by Gasteiger charge is 2.67. The molecule has 242 valence electrons. The van der Waals surface area contributed by atoms with Crippen LogP contribution in [0.4, 0.5) is 5.69 Å². The zero-order chi connectivity index (χ0) is 33.2. The largest absolute Gasteiger partial charge is 0.405 e. The number of para-hydroxylation sites is 1. The van der Waals surface area contributed by atoms with Gasteiger partial charge >= 0.3 is 0 Å². The lowest BCUT2D eigenvalue weighted by molar-refractivity contribution is -0.149. The van der Waals surface area contributed by atoms with E-state index in [1.54, 1.807) is 42.5 Å². The highest BCUT2D eigenvalue weighted by atomic mass is 79.9. The molecule has 47 heavy (non-hydrogen) atoms. The Kier molecular flexibility index (Phi) is 7.74. The molecule has 4 aromatic carbocycles. The Morgan fingerprint density at radius 2 is 1.38 bits per heavy atom. The normalized spacial score (nSPS) is 24.0. The molecule has 1 N–H and O–H groups in total. The molecule has 7 rings (SSSR count). The summed E-state index contributed by atoms with van der Waals surface area (Å²) >= 11 is 3.90. The van der Waals surface area contributed by atoms with Crippen molar-refractivity contribution in [1.29, 1.82) is 0 Å². The van der Waals surface area contributed by atoms with Gasteiger partial charge in [-0.2, -0.15) is 0 Å². The van der Waals surface area contributed by atoms with Crippen LogP contribution in [0.3, 0.4) is 0 Å². The summed E-state index contributed by atoms with van der Waals surface area (Å²) in [6.07, 6.45) is -0.779. The molecular formula is C36H36BrN3O5SSi. The fourth-order valence-electron chi connectivity index (χ4n) is 7.63. The van der Waals surface area contributed by atoms with E-state index in [1.165, 1.54) is 9.21 Å². The number of carbonyl (C=O) groups is 2. The highest BCUT2D eigenvalue weighted by Crippen LogP contribution is 2.59. The van der Waals surface area contributed by atoms with Crippen molar-refractivity contribution in [2.24, 2.45) is 0 Å². The Morgan fingerprint density at radius 3 is 1.96 bits per heavy atom. The molecule has 2 fully saturated rings. The molecule has 0 radical (unpaired) electrons. The van der Waals surface area contributed by atoms with E-state index in [0.29, 0.717) is 5.69 Å². The summed E-state index contributed by atoms with van der Waals surface area (Å²) < 4.78 is 36.1. The Balaban J connectivity index is 1.29. The average Bonchev–Trinajstić information content (AvgIpc) is 3.52. The minimum Gasteiger partial charge on any atom is -0.405 e. The maximum atomic E-state index is 14.6. The monoisotopic (exact) mass is 729 g/mol. The number of anilines is 1. The van der Waals surface area contributed by atoms with Crippen LogP contribution in [-0.4, -0.2) is 58.3 Å². The van der Waals surface area contributed by atoms with Crippen molar-refractivity contribution >= 4 is 62.1 Å². The molecule has 0 aliphatic carbocycles. The van der Waals surface area contributed by atoms with E-state index < -0.39 is 40.9 Å². The molecule has 0 unspecified atom stereocenters. The number of benzene rings is 4. The average molecular weight is 731 g/mol. The number of nitrogens with one attached hydrogen (secondary N) is 1. The second-order valence-electron chi connectivity index (χ2n) is 13.4. The van der Waals surface area contributed by atoms with Gasteiger partial charge in [0.1, 0.15) is 18.2 Å². The second kappa shape index (κ2) is 11.4. The van der Waals surface area contributed by atoms with E-state index in [0.717, 1.165) is 15.9 Å². The number of nitrogens with zero attached hydrogens (tertiary/aromatic N) is 2. The van der Waals surface area contributed by atoms with Crippen LogP contribution in [0, 0.1) is 0 Å². The Morgan fingerprint density at radius 1 is 0.851 bits per heavy atom. The summed E-state index contributed by atoms with van der Waals surface area (Å²) in [5.41, 5.74) is 1.20. The molecule has 0 saturated carbocycles. The molecule has 2 saturated heterocycles. The van der Waals surface area contributed by atoms with Crippen molar-refractivity contribution < 1.29 is 22.4 Å². The summed E-state index contributed by atoms with van der Waals surface area (Å²) in [5, 5.41) is 4.73. The maximum Gasteiger partial charge on any atom is 0.266 e. The Bertz CT molecular complexity index is 1900. The third-order valence-corrected chi connectivity index (χ3v) is 17.6. The van der Waals surface area contributed by atoms with E-state index in [2.05, 4.69) is 66.3 Å². The van der Waals surface area contributed by atoms with Gasteiger partial charge < -0.3 is 14.6 Å². The van der Waals surface area contributed by atoms with Crippen LogP contribution in [0.2, 0.25) is 5.04 Å². The lowest BCUT2D eigenvalue weighted by Crippen LogP contribution is -2.70. The number of carbonyl (C=O) groups excluding carboxylic acids is 2. The van der Waals surface area contributed by atoms with Crippen molar-refractivity contribution in [2.75, 3.05) is 10.9 Å². The predicted octanol–water partition coefficient (Wildman–Crippen LogP) is 4.49. The molecule has 4 atom stereocenters. The fraction of sp³-hybridized carbons (Fsp3) is 0.278. The summed E-state index contributed by atoms with van der Waals surface area (Å²) in [4.78, 5) is 30.1. The number of rotatable bonds is 7. The van der Waals surface area contributed by atoms with E-state index >= 15 is 0 Å². The van der Waals surface area contributed by atoms with Gasteiger partial charge in [0.05, 0.1) is 21.5 Å². The predicted molar refractivity (Wildman–Crippen MR) is 188 cm³/mol. The smallest absolute Gasteiger partial charge is 0.266 e. The molecular weight excluding hydrogens is 694 g/mol. The number of piperazine rings is 1. The molecule has 0 bridgehead atoms. The summed E-state index contributed by atoms with van der Waals surface area (Å²) in [5.74, 6) is -0.705. The number of hydrogen-bond donors (Lipinski definition) is 1. The number of alkyl halides is 1. The quantitative estimate of drug-likeness (QED) is 0.224. The second-order valence-corrected chi connectivity index (χ2v) is 20.9. The van der Waals surface area contributed by atoms with E-state index in [1.807, 2.05) is 48.5 Å². The van der Waals surface area contributed by atoms with Crippen LogP contribution >= 0.6 is 15.9 Å². The SMILES string of the molecule is CC(C)(C)[Si](OC[C@@H]1NC(=O)[C@@H]2C[C@]3(Br)c4ccccc4N(S(=O)(=O)c4ccccc4)[C@@H]3N2C1=O)(c1ccccc1)c1ccccc1.